The number of aryl methyl sites for hydroxylation is 1. The van der Waals surface area contributed by atoms with Gasteiger partial charge in [0.15, 0.2) is 18.1 Å². The fraction of sp³-hybridized carbons (Fsp3) is 0.379. The van der Waals surface area contributed by atoms with Crippen molar-refractivity contribution in [3.63, 3.8) is 0 Å². The Hall–Kier alpha value is -3.74. The lowest BCUT2D eigenvalue weighted by Crippen LogP contribution is -2.16. The van der Waals surface area contributed by atoms with Crippen molar-refractivity contribution >= 4 is 11.8 Å². The van der Waals surface area contributed by atoms with Crippen molar-refractivity contribution in [2.45, 2.75) is 53.4 Å². The van der Waals surface area contributed by atoms with Gasteiger partial charge in [-0.3, -0.25) is 4.79 Å². The van der Waals surface area contributed by atoms with Gasteiger partial charge >= 0.3 is 5.97 Å². The van der Waals surface area contributed by atoms with Crippen LogP contribution in [-0.4, -0.2) is 41.2 Å². The molecule has 1 aliphatic heterocycles. The Labute approximate surface area is 211 Å². The summed E-state index contributed by atoms with van der Waals surface area (Å²) in [6.07, 6.45) is 0. The van der Waals surface area contributed by atoms with Crippen molar-refractivity contribution < 1.29 is 28.9 Å². The van der Waals surface area contributed by atoms with Gasteiger partial charge in [0, 0.05) is 28.7 Å². The average molecular weight is 492 g/mol. The van der Waals surface area contributed by atoms with Crippen LogP contribution in [0.5, 0.6) is 17.2 Å². The number of ether oxygens (including phenoxy) is 3. The van der Waals surface area contributed by atoms with Crippen LogP contribution in [0.4, 0.5) is 0 Å². The third-order valence-corrected chi connectivity index (χ3v) is 6.52. The molecular weight excluding hydrogens is 458 g/mol. The zero-order chi connectivity index (χ0) is 26.1. The molecule has 1 N–H and O–H groups in total. The standard InChI is InChI=1S/C29H33NO6/c1-16(2)20-12-22(17(3)4)28(32)24(13-20)29(33)36-15-25(31)23-11-18(5)30(19(23)6)21-7-8-26-27(14-21)35-10-9-34-26/h7-8,11-14,16-17,32H,9-10,15H2,1-6H3. The summed E-state index contributed by atoms with van der Waals surface area (Å²) in [7, 11) is 0. The number of aromatic hydroxyl groups is 1. The van der Waals surface area contributed by atoms with E-state index >= 15 is 0 Å². The first-order chi connectivity index (χ1) is 17.1. The van der Waals surface area contributed by atoms with E-state index in [1.807, 2.05) is 70.4 Å². The number of Topliss-reactive ketones (excluding diaryl/α,β-unsaturated/α-hetero) is 1. The first kappa shape index (κ1) is 25.4. The smallest absolute Gasteiger partial charge is 0.342 e. The van der Waals surface area contributed by atoms with E-state index in [1.54, 1.807) is 12.1 Å². The largest absolute Gasteiger partial charge is 0.507 e. The maximum atomic E-state index is 13.1. The van der Waals surface area contributed by atoms with E-state index in [0.29, 0.717) is 35.8 Å². The second-order valence-corrected chi connectivity index (χ2v) is 9.76. The number of carbonyl (C=O) groups excluding carboxylic acids is 2. The van der Waals surface area contributed by atoms with Gasteiger partial charge in [-0.2, -0.15) is 0 Å². The number of benzene rings is 2. The van der Waals surface area contributed by atoms with Crippen molar-refractivity contribution in [1.82, 2.24) is 4.57 Å². The summed E-state index contributed by atoms with van der Waals surface area (Å²) >= 11 is 0. The molecule has 7 nitrogen and oxygen atoms in total. The molecule has 0 unspecified atom stereocenters. The van der Waals surface area contributed by atoms with Gasteiger partial charge in [0.2, 0.25) is 5.78 Å². The monoisotopic (exact) mass is 491 g/mol. The van der Waals surface area contributed by atoms with Gasteiger partial charge in [0.1, 0.15) is 24.5 Å². The van der Waals surface area contributed by atoms with Crippen LogP contribution in [0.1, 0.15) is 82.8 Å². The molecule has 190 valence electrons. The number of fused-ring (bicyclic) bond motifs is 1. The Kier molecular flexibility index (Phi) is 7.11. The normalized spacial score (nSPS) is 12.8. The van der Waals surface area contributed by atoms with Crippen LogP contribution in [0, 0.1) is 13.8 Å². The summed E-state index contributed by atoms with van der Waals surface area (Å²) in [5.41, 5.74) is 4.61. The minimum atomic E-state index is -0.717. The second-order valence-electron chi connectivity index (χ2n) is 9.76. The van der Waals surface area contributed by atoms with E-state index in [2.05, 4.69) is 0 Å². The first-order valence-electron chi connectivity index (χ1n) is 12.2. The predicted molar refractivity (Wildman–Crippen MR) is 137 cm³/mol. The maximum absolute atomic E-state index is 13.1. The van der Waals surface area contributed by atoms with Gasteiger partial charge < -0.3 is 23.9 Å². The predicted octanol–water partition coefficient (Wildman–Crippen LogP) is 5.86. The molecule has 0 saturated heterocycles. The van der Waals surface area contributed by atoms with E-state index in [4.69, 9.17) is 14.2 Å². The van der Waals surface area contributed by atoms with Crippen molar-refractivity contribution in [3.8, 4) is 22.9 Å². The molecule has 0 saturated carbocycles. The number of aromatic nitrogens is 1. The second kappa shape index (κ2) is 10.1. The minimum absolute atomic E-state index is 0.0304. The van der Waals surface area contributed by atoms with E-state index in [-0.39, 0.29) is 28.9 Å². The fourth-order valence-corrected chi connectivity index (χ4v) is 4.51. The van der Waals surface area contributed by atoms with E-state index in [9.17, 15) is 14.7 Å². The molecular formula is C29H33NO6. The molecule has 0 bridgehead atoms. The van der Waals surface area contributed by atoms with Crippen LogP contribution in [0.25, 0.3) is 5.69 Å². The summed E-state index contributed by atoms with van der Waals surface area (Å²) in [6.45, 7) is 12.3. The Balaban J connectivity index is 1.55. The van der Waals surface area contributed by atoms with Gasteiger partial charge in [-0.15, -0.1) is 0 Å². The average Bonchev–Trinajstić information content (AvgIpc) is 3.15. The number of hydrogen-bond donors (Lipinski definition) is 1. The van der Waals surface area contributed by atoms with E-state index in [1.165, 1.54) is 0 Å². The van der Waals surface area contributed by atoms with E-state index < -0.39 is 12.6 Å². The Morgan fingerprint density at radius 3 is 2.31 bits per heavy atom. The minimum Gasteiger partial charge on any atom is -0.507 e. The Bertz CT molecular complexity index is 1320. The molecule has 0 spiro atoms. The number of nitrogens with zero attached hydrogens (tertiary/aromatic N) is 1. The lowest BCUT2D eigenvalue weighted by atomic mass is 9.92. The van der Waals surface area contributed by atoms with E-state index in [0.717, 1.165) is 22.6 Å². The van der Waals surface area contributed by atoms with Crippen molar-refractivity contribution in [3.05, 3.63) is 70.0 Å². The Morgan fingerprint density at radius 2 is 1.64 bits per heavy atom. The summed E-state index contributed by atoms with van der Waals surface area (Å²) in [5.74, 6) is 0.432. The molecule has 0 radical (unpaired) electrons. The molecule has 4 rings (SSSR count). The van der Waals surface area contributed by atoms with Crippen LogP contribution in [0.15, 0.2) is 36.4 Å². The van der Waals surface area contributed by atoms with Crippen molar-refractivity contribution in [1.29, 1.82) is 0 Å². The highest BCUT2D eigenvalue weighted by Gasteiger charge is 2.23. The third kappa shape index (κ3) is 4.83. The molecule has 36 heavy (non-hydrogen) atoms. The summed E-state index contributed by atoms with van der Waals surface area (Å²) in [4.78, 5) is 26.0. The number of esters is 1. The molecule has 7 heteroatoms. The van der Waals surface area contributed by atoms with Gasteiger partial charge in [-0.05, 0) is 61.1 Å². The SMILES string of the molecule is Cc1cc(C(=O)COC(=O)c2cc(C(C)C)cc(C(C)C)c2O)c(C)n1-c1ccc2c(c1)OCCO2. The molecule has 0 atom stereocenters. The van der Waals surface area contributed by atoms with Crippen LogP contribution in [-0.2, 0) is 4.74 Å². The van der Waals surface area contributed by atoms with Crippen LogP contribution >= 0.6 is 0 Å². The Morgan fingerprint density at radius 1 is 0.944 bits per heavy atom. The summed E-state index contributed by atoms with van der Waals surface area (Å²) < 4.78 is 18.6. The number of hydrogen-bond acceptors (Lipinski definition) is 6. The fourth-order valence-electron chi connectivity index (χ4n) is 4.51. The highest BCUT2D eigenvalue weighted by Crippen LogP contribution is 2.35. The van der Waals surface area contributed by atoms with Crippen LogP contribution in [0.3, 0.4) is 0 Å². The maximum Gasteiger partial charge on any atom is 0.342 e. The van der Waals surface area contributed by atoms with Crippen LogP contribution in [0.2, 0.25) is 0 Å². The summed E-state index contributed by atoms with van der Waals surface area (Å²) in [5, 5.41) is 10.7. The van der Waals surface area contributed by atoms with Gasteiger partial charge in [-0.25, -0.2) is 4.79 Å². The zero-order valence-electron chi connectivity index (χ0n) is 21.7. The lowest BCUT2D eigenvalue weighted by Gasteiger charge is -2.20. The van der Waals surface area contributed by atoms with Gasteiger partial charge in [-0.1, -0.05) is 33.8 Å². The van der Waals surface area contributed by atoms with Gasteiger partial charge in [0.05, 0.1) is 0 Å². The molecule has 3 aromatic rings. The van der Waals surface area contributed by atoms with Crippen LogP contribution < -0.4 is 9.47 Å². The number of phenols is 1. The van der Waals surface area contributed by atoms with Crippen molar-refractivity contribution in [2.24, 2.45) is 0 Å². The molecule has 0 fully saturated rings. The number of rotatable bonds is 7. The number of ketones is 1. The molecule has 0 aliphatic carbocycles. The zero-order valence-corrected chi connectivity index (χ0v) is 21.7. The molecule has 1 aromatic heterocycles. The highest BCUT2D eigenvalue weighted by molar-refractivity contribution is 6.01. The molecule has 2 heterocycles. The lowest BCUT2D eigenvalue weighted by molar-refractivity contribution is 0.0471. The highest BCUT2D eigenvalue weighted by atomic mass is 16.6. The molecule has 1 aliphatic rings. The number of carbonyl (C=O) groups is 2. The quantitative estimate of drug-likeness (QED) is 0.329. The molecule has 0 amide bonds. The topological polar surface area (TPSA) is 87.0 Å². The first-order valence-corrected chi connectivity index (χ1v) is 12.2. The third-order valence-electron chi connectivity index (χ3n) is 6.52. The summed E-state index contributed by atoms with van der Waals surface area (Å²) in [6, 6.07) is 11.0. The molecule has 2 aromatic carbocycles. The number of phenolic OH excluding ortho intramolecular Hbond substituents is 1. The van der Waals surface area contributed by atoms with Crippen molar-refractivity contribution in [2.75, 3.05) is 19.8 Å². The van der Waals surface area contributed by atoms with Gasteiger partial charge in [0.25, 0.3) is 0 Å².